The van der Waals surface area contributed by atoms with Crippen LogP contribution in [-0.2, 0) is 14.3 Å². The highest BCUT2D eigenvalue weighted by atomic mass is 16.6. The molecule has 2 heterocycles. The summed E-state index contributed by atoms with van der Waals surface area (Å²) in [4.78, 5) is 40.7. The van der Waals surface area contributed by atoms with Crippen LogP contribution in [0.1, 0.15) is 19.8 Å². The van der Waals surface area contributed by atoms with Crippen LogP contribution in [0.4, 0.5) is 10.5 Å². The zero-order valence-corrected chi connectivity index (χ0v) is 12.9. The van der Waals surface area contributed by atoms with Gasteiger partial charge in [0.2, 0.25) is 0 Å². The fraction of sp³-hybridized carbons (Fsp3) is 0.467. The highest BCUT2D eigenvalue weighted by molar-refractivity contribution is 6.39. The summed E-state index contributed by atoms with van der Waals surface area (Å²) >= 11 is 0. The van der Waals surface area contributed by atoms with Crippen LogP contribution < -0.4 is 10.6 Å². The molecule has 0 radical (unpaired) electrons. The zero-order chi connectivity index (χ0) is 16.7. The lowest BCUT2D eigenvalue weighted by Gasteiger charge is -2.31. The molecule has 8 nitrogen and oxygen atoms in total. The highest BCUT2D eigenvalue weighted by Crippen LogP contribution is 2.11. The van der Waals surface area contributed by atoms with Crippen LogP contribution in [0.5, 0.6) is 0 Å². The van der Waals surface area contributed by atoms with Gasteiger partial charge in [-0.3, -0.25) is 14.6 Å². The number of anilines is 1. The van der Waals surface area contributed by atoms with Crippen molar-refractivity contribution in [3.63, 3.8) is 0 Å². The van der Waals surface area contributed by atoms with Crippen LogP contribution in [0.2, 0.25) is 0 Å². The first-order chi connectivity index (χ1) is 11.1. The van der Waals surface area contributed by atoms with Crippen LogP contribution in [-0.4, -0.2) is 53.5 Å². The number of likely N-dealkylation sites (tertiary alicyclic amines) is 1. The molecule has 0 saturated carbocycles. The van der Waals surface area contributed by atoms with Gasteiger partial charge in [-0.25, -0.2) is 4.79 Å². The Balaban J connectivity index is 1.76. The Labute approximate surface area is 134 Å². The van der Waals surface area contributed by atoms with E-state index in [9.17, 15) is 14.4 Å². The minimum Gasteiger partial charge on any atom is -0.450 e. The SMILES string of the molecule is CCOC(=O)N1CCC(NC(=O)C(=O)Nc2cccnc2)CC1. The molecule has 0 bridgehead atoms. The van der Waals surface area contributed by atoms with Gasteiger partial charge in [0, 0.05) is 25.3 Å². The Hall–Kier alpha value is -2.64. The molecule has 1 aliphatic heterocycles. The third kappa shape index (κ3) is 4.94. The molecule has 0 atom stereocenters. The van der Waals surface area contributed by atoms with Crippen LogP contribution in [0.25, 0.3) is 0 Å². The summed E-state index contributed by atoms with van der Waals surface area (Å²) in [6.07, 6.45) is 3.87. The van der Waals surface area contributed by atoms with E-state index >= 15 is 0 Å². The van der Waals surface area contributed by atoms with Gasteiger partial charge in [-0.2, -0.15) is 0 Å². The molecule has 1 aliphatic rings. The number of carbonyl (C=O) groups excluding carboxylic acids is 3. The fourth-order valence-electron chi connectivity index (χ4n) is 2.30. The first-order valence-corrected chi connectivity index (χ1v) is 7.53. The van der Waals surface area contributed by atoms with Crippen LogP contribution in [0.15, 0.2) is 24.5 Å². The van der Waals surface area contributed by atoms with Gasteiger partial charge in [0.1, 0.15) is 0 Å². The number of piperidine rings is 1. The maximum Gasteiger partial charge on any atom is 0.409 e. The lowest BCUT2D eigenvalue weighted by molar-refractivity contribution is -0.136. The maximum absolute atomic E-state index is 11.9. The van der Waals surface area contributed by atoms with Crippen molar-refractivity contribution in [2.24, 2.45) is 0 Å². The van der Waals surface area contributed by atoms with Crippen molar-refractivity contribution in [3.8, 4) is 0 Å². The molecule has 1 aromatic heterocycles. The Bertz CT molecular complexity index is 556. The molecule has 124 valence electrons. The smallest absolute Gasteiger partial charge is 0.409 e. The average molecular weight is 320 g/mol. The number of amides is 3. The maximum atomic E-state index is 11.9. The van der Waals surface area contributed by atoms with Crippen molar-refractivity contribution in [3.05, 3.63) is 24.5 Å². The Morgan fingerprint density at radius 3 is 2.65 bits per heavy atom. The molecule has 1 saturated heterocycles. The van der Waals surface area contributed by atoms with E-state index in [4.69, 9.17) is 4.74 Å². The molecule has 0 aromatic carbocycles. The number of nitrogens with one attached hydrogen (secondary N) is 2. The number of hydrogen-bond donors (Lipinski definition) is 2. The van der Waals surface area contributed by atoms with Crippen molar-refractivity contribution in [1.29, 1.82) is 0 Å². The largest absolute Gasteiger partial charge is 0.450 e. The van der Waals surface area contributed by atoms with Gasteiger partial charge in [-0.05, 0) is 31.9 Å². The molecule has 1 aromatic rings. The third-order valence-electron chi connectivity index (χ3n) is 3.48. The van der Waals surface area contributed by atoms with E-state index in [1.165, 1.54) is 6.20 Å². The predicted molar refractivity (Wildman–Crippen MR) is 82.6 cm³/mol. The fourth-order valence-corrected chi connectivity index (χ4v) is 2.30. The van der Waals surface area contributed by atoms with E-state index in [1.807, 2.05) is 0 Å². The van der Waals surface area contributed by atoms with Gasteiger partial charge in [0.15, 0.2) is 0 Å². The second-order valence-electron chi connectivity index (χ2n) is 5.13. The number of pyridine rings is 1. The summed E-state index contributed by atoms with van der Waals surface area (Å²) in [5.41, 5.74) is 0.463. The average Bonchev–Trinajstić information content (AvgIpc) is 2.56. The quantitative estimate of drug-likeness (QED) is 0.801. The predicted octanol–water partition coefficient (Wildman–Crippen LogP) is 0.757. The number of nitrogens with zero attached hydrogens (tertiary/aromatic N) is 2. The topological polar surface area (TPSA) is 101 Å². The third-order valence-corrected chi connectivity index (χ3v) is 3.48. The van der Waals surface area contributed by atoms with Gasteiger partial charge in [0.05, 0.1) is 18.5 Å². The molecule has 0 unspecified atom stereocenters. The molecule has 0 spiro atoms. The normalized spacial score (nSPS) is 14.9. The molecule has 2 rings (SSSR count). The first kappa shape index (κ1) is 16.7. The number of ether oxygens (including phenoxy) is 1. The highest BCUT2D eigenvalue weighted by Gasteiger charge is 2.26. The zero-order valence-electron chi connectivity index (χ0n) is 12.9. The molecule has 0 aliphatic carbocycles. The van der Waals surface area contributed by atoms with Crippen LogP contribution in [0, 0.1) is 0 Å². The molecular weight excluding hydrogens is 300 g/mol. The minimum atomic E-state index is -0.731. The van der Waals surface area contributed by atoms with Gasteiger partial charge >= 0.3 is 17.9 Å². The van der Waals surface area contributed by atoms with Crippen LogP contribution in [0.3, 0.4) is 0 Å². The van der Waals surface area contributed by atoms with Crippen molar-refractivity contribution >= 4 is 23.6 Å². The lowest BCUT2D eigenvalue weighted by atomic mass is 10.1. The first-order valence-electron chi connectivity index (χ1n) is 7.53. The van der Waals surface area contributed by atoms with Gasteiger partial charge < -0.3 is 20.3 Å². The molecular formula is C15H20N4O4. The Morgan fingerprint density at radius 2 is 2.04 bits per heavy atom. The summed E-state index contributed by atoms with van der Waals surface area (Å²) < 4.78 is 4.93. The second-order valence-corrected chi connectivity index (χ2v) is 5.13. The summed E-state index contributed by atoms with van der Waals surface area (Å²) in [6, 6.07) is 3.18. The van der Waals surface area contributed by atoms with E-state index < -0.39 is 11.8 Å². The van der Waals surface area contributed by atoms with Gasteiger partial charge in [-0.15, -0.1) is 0 Å². The van der Waals surface area contributed by atoms with Crippen molar-refractivity contribution < 1.29 is 19.1 Å². The monoisotopic (exact) mass is 320 g/mol. The number of hydrogen-bond acceptors (Lipinski definition) is 5. The standard InChI is InChI=1S/C15H20N4O4/c1-2-23-15(22)19-8-5-11(6-9-19)17-13(20)14(21)18-12-4-3-7-16-10-12/h3-4,7,10-11H,2,5-6,8-9H2,1H3,(H,17,20)(H,18,21). The number of rotatable bonds is 3. The number of carbonyl (C=O) groups is 3. The van der Waals surface area contributed by atoms with Crippen molar-refractivity contribution in [2.75, 3.05) is 25.0 Å². The van der Waals surface area contributed by atoms with E-state index in [0.29, 0.717) is 38.2 Å². The Morgan fingerprint density at radius 1 is 1.30 bits per heavy atom. The van der Waals surface area contributed by atoms with E-state index in [2.05, 4.69) is 15.6 Å². The second kappa shape index (κ2) is 8.11. The van der Waals surface area contributed by atoms with Crippen LogP contribution >= 0.6 is 0 Å². The summed E-state index contributed by atoms with van der Waals surface area (Å²) in [6.45, 7) is 3.08. The number of aromatic nitrogens is 1. The molecule has 23 heavy (non-hydrogen) atoms. The van der Waals surface area contributed by atoms with Crippen molar-refractivity contribution in [1.82, 2.24) is 15.2 Å². The summed E-state index contributed by atoms with van der Waals surface area (Å²) in [5, 5.41) is 5.16. The molecule has 2 N–H and O–H groups in total. The van der Waals surface area contributed by atoms with Gasteiger partial charge in [0.25, 0.3) is 0 Å². The summed E-state index contributed by atoms with van der Waals surface area (Å²) in [7, 11) is 0. The van der Waals surface area contributed by atoms with E-state index in [1.54, 1.807) is 30.2 Å². The molecule has 8 heteroatoms. The van der Waals surface area contributed by atoms with E-state index in [-0.39, 0.29) is 12.1 Å². The van der Waals surface area contributed by atoms with Crippen molar-refractivity contribution in [2.45, 2.75) is 25.8 Å². The molecule has 1 fully saturated rings. The van der Waals surface area contributed by atoms with E-state index in [0.717, 1.165) is 0 Å². The van der Waals surface area contributed by atoms with Gasteiger partial charge in [-0.1, -0.05) is 0 Å². The minimum absolute atomic E-state index is 0.132. The Kier molecular flexibility index (Phi) is 5.90. The lowest BCUT2D eigenvalue weighted by Crippen LogP contribution is -2.49. The molecule has 3 amide bonds. The summed E-state index contributed by atoms with van der Waals surface area (Å²) in [5.74, 6) is -1.42.